The van der Waals surface area contributed by atoms with Gasteiger partial charge in [0.05, 0.1) is 12.0 Å². The maximum atomic E-state index is 11.5. The van der Waals surface area contributed by atoms with Crippen LogP contribution in [-0.2, 0) is 14.3 Å². The monoisotopic (exact) mass is 230 g/mol. The number of amides is 1. The molecule has 0 atom stereocenters. The van der Waals surface area contributed by atoms with E-state index < -0.39 is 5.97 Å². The standard InChI is InChI=1S/C10H18N2O4/c1-10(6-11-7-10)16-5-8(13)12(2)4-3-9(14)15/h11H,3-7H2,1-2H3,(H,14,15). The number of carboxylic acids is 1. The number of carbonyl (C=O) groups is 2. The molecule has 0 bridgehead atoms. The van der Waals surface area contributed by atoms with Crippen LogP contribution >= 0.6 is 0 Å². The van der Waals surface area contributed by atoms with Crippen LogP contribution in [0.4, 0.5) is 0 Å². The second kappa shape index (κ2) is 5.27. The molecule has 0 aromatic heterocycles. The van der Waals surface area contributed by atoms with Crippen LogP contribution in [0.2, 0.25) is 0 Å². The summed E-state index contributed by atoms with van der Waals surface area (Å²) < 4.78 is 5.45. The average Bonchev–Trinajstić information content (AvgIpc) is 2.19. The Morgan fingerprint density at radius 1 is 1.50 bits per heavy atom. The Balaban J connectivity index is 2.20. The Labute approximate surface area is 94.6 Å². The van der Waals surface area contributed by atoms with Crippen molar-refractivity contribution in [3.63, 3.8) is 0 Å². The summed E-state index contributed by atoms with van der Waals surface area (Å²) in [6.45, 7) is 3.66. The van der Waals surface area contributed by atoms with Gasteiger partial charge in [0.15, 0.2) is 0 Å². The second-order valence-electron chi connectivity index (χ2n) is 4.30. The molecule has 1 aliphatic heterocycles. The van der Waals surface area contributed by atoms with Gasteiger partial charge in [-0.3, -0.25) is 9.59 Å². The fraction of sp³-hybridized carbons (Fsp3) is 0.800. The summed E-state index contributed by atoms with van der Waals surface area (Å²) in [5.41, 5.74) is -0.247. The first-order valence-corrected chi connectivity index (χ1v) is 5.23. The van der Waals surface area contributed by atoms with E-state index in [0.29, 0.717) is 0 Å². The lowest BCUT2D eigenvalue weighted by molar-refractivity contribution is -0.145. The van der Waals surface area contributed by atoms with Crippen LogP contribution in [0.3, 0.4) is 0 Å². The van der Waals surface area contributed by atoms with Crippen LogP contribution in [-0.4, -0.2) is 60.8 Å². The molecule has 1 amide bonds. The van der Waals surface area contributed by atoms with Gasteiger partial charge >= 0.3 is 5.97 Å². The molecule has 0 aromatic rings. The third-order valence-electron chi connectivity index (χ3n) is 2.63. The summed E-state index contributed by atoms with van der Waals surface area (Å²) in [4.78, 5) is 23.2. The molecule has 1 rings (SSSR count). The van der Waals surface area contributed by atoms with Gasteiger partial charge in [-0.25, -0.2) is 0 Å². The maximum absolute atomic E-state index is 11.5. The van der Waals surface area contributed by atoms with E-state index >= 15 is 0 Å². The van der Waals surface area contributed by atoms with Gasteiger partial charge in [-0.1, -0.05) is 0 Å². The number of hydrogen-bond acceptors (Lipinski definition) is 4. The molecule has 1 heterocycles. The van der Waals surface area contributed by atoms with Gasteiger partial charge in [0.25, 0.3) is 0 Å². The first-order valence-electron chi connectivity index (χ1n) is 5.23. The van der Waals surface area contributed by atoms with Crippen molar-refractivity contribution >= 4 is 11.9 Å². The van der Waals surface area contributed by atoms with Crippen molar-refractivity contribution in [2.24, 2.45) is 0 Å². The largest absolute Gasteiger partial charge is 0.481 e. The van der Waals surface area contributed by atoms with E-state index in [-0.39, 0.29) is 31.1 Å². The van der Waals surface area contributed by atoms with E-state index in [1.54, 1.807) is 7.05 Å². The molecular weight excluding hydrogens is 212 g/mol. The van der Waals surface area contributed by atoms with Crippen LogP contribution in [0, 0.1) is 0 Å². The van der Waals surface area contributed by atoms with Crippen LogP contribution in [0.15, 0.2) is 0 Å². The van der Waals surface area contributed by atoms with E-state index in [1.807, 2.05) is 6.92 Å². The highest BCUT2D eigenvalue weighted by atomic mass is 16.5. The number of carbonyl (C=O) groups excluding carboxylic acids is 1. The molecule has 2 N–H and O–H groups in total. The van der Waals surface area contributed by atoms with Crippen molar-refractivity contribution in [1.29, 1.82) is 0 Å². The van der Waals surface area contributed by atoms with Crippen molar-refractivity contribution in [3.8, 4) is 0 Å². The molecule has 0 aliphatic carbocycles. The molecule has 6 nitrogen and oxygen atoms in total. The zero-order chi connectivity index (χ0) is 12.2. The van der Waals surface area contributed by atoms with Gasteiger partial charge in [0.2, 0.25) is 5.91 Å². The Hall–Kier alpha value is -1.14. The van der Waals surface area contributed by atoms with Gasteiger partial charge in [0, 0.05) is 26.7 Å². The molecule has 6 heteroatoms. The van der Waals surface area contributed by atoms with Crippen molar-refractivity contribution in [3.05, 3.63) is 0 Å². The normalized spacial score (nSPS) is 17.6. The Bertz CT molecular complexity index is 276. The average molecular weight is 230 g/mol. The maximum Gasteiger partial charge on any atom is 0.305 e. The number of rotatable bonds is 6. The lowest BCUT2D eigenvalue weighted by Gasteiger charge is -2.39. The van der Waals surface area contributed by atoms with Crippen LogP contribution in [0.5, 0.6) is 0 Å². The molecule has 0 spiro atoms. The summed E-state index contributed by atoms with van der Waals surface area (Å²) in [5.74, 6) is -1.09. The third-order valence-corrected chi connectivity index (χ3v) is 2.63. The van der Waals surface area contributed by atoms with Gasteiger partial charge in [-0.15, -0.1) is 0 Å². The first-order chi connectivity index (χ1) is 7.43. The fourth-order valence-electron chi connectivity index (χ4n) is 1.31. The molecule has 0 radical (unpaired) electrons. The summed E-state index contributed by atoms with van der Waals surface area (Å²) >= 11 is 0. The second-order valence-corrected chi connectivity index (χ2v) is 4.30. The van der Waals surface area contributed by atoms with E-state index in [2.05, 4.69) is 5.32 Å². The van der Waals surface area contributed by atoms with Crippen LogP contribution in [0.1, 0.15) is 13.3 Å². The van der Waals surface area contributed by atoms with Crippen LogP contribution < -0.4 is 5.32 Å². The topological polar surface area (TPSA) is 78.9 Å². The number of ether oxygens (including phenoxy) is 1. The molecule has 1 fully saturated rings. The SMILES string of the molecule is CN(CCC(=O)O)C(=O)COC1(C)CNC1. The number of carboxylic acid groups (broad SMARTS) is 1. The number of nitrogens with zero attached hydrogens (tertiary/aromatic N) is 1. The predicted octanol–water partition coefficient (Wildman–Crippen LogP) is -0.702. The lowest BCUT2D eigenvalue weighted by Crippen LogP contribution is -2.59. The molecule has 92 valence electrons. The Kier molecular flexibility index (Phi) is 4.26. The zero-order valence-corrected chi connectivity index (χ0v) is 9.65. The highest BCUT2D eigenvalue weighted by molar-refractivity contribution is 5.77. The third kappa shape index (κ3) is 3.79. The molecule has 1 saturated heterocycles. The number of hydrogen-bond donors (Lipinski definition) is 2. The Morgan fingerprint density at radius 2 is 2.12 bits per heavy atom. The first kappa shape index (κ1) is 12.9. The minimum absolute atomic E-state index is 0.00823. The highest BCUT2D eigenvalue weighted by Crippen LogP contribution is 2.14. The summed E-state index contributed by atoms with van der Waals surface area (Å²) in [6.07, 6.45) is -0.0406. The van der Waals surface area contributed by atoms with Crippen LogP contribution in [0.25, 0.3) is 0 Å². The number of nitrogens with one attached hydrogen (secondary N) is 1. The minimum Gasteiger partial charge on any atom is -0.481 e. The van der Waals surface area contributed by atoms with E-state index in [1.165, 1.54) is 4.90 Å². The summed E-state index contributed by atoms with van der Waals surface area (Å²) in [5, 5.41) is 11.5. The zero-order valence-electron chi connectivity index (χ0n) is 9.65. The molecule has 16 heavy (non-hydrogen) atoms. The van der Waals surface area contributed by atoms with Crippen molar-refractivity contribution in [2.75, 3.05) is 33.3 Å². The van der Waals surface area contributed by atoms with Crippen molar-refractivity contribution < 1.29 is 19.4 Å². The van der Waals surface area contributed by atoms with E-state index in [9.17, 15) is 9.59 Å². The Morgan fingerprint density at radius 3 is 2.56 bits per heavy atom. The summed E-state index contributed by atoms with van der Waals surface area (Å²) in [6, 6.07) is 0. The van der Waals surface area contributed by atoms with Crippen molar-refractivity contribution in [1.82, 2.24) is 10.2 Å². The number of aliphatic carboxylic acids is 1. The molecule has 1 aliphatic rings. The van der Waals surface area contributed by atoms with Gasteiger partial charge < -0.3 is 20.1 Å². The fourth-order valence-corrected chi connectivity index (χ4v) is 1.31. The van der Waals surface area contributed by atoms with Gasteiger partial charge in [-0.2, -0.15) is 0 Å². The lowest BCUT2D eigenvalue weighted by atomic mass is 10.0. The quantitative estimate of drug-likeness (QED) is 0.630. The van der Waals surface area contributed by atoms with Gasteiger partial charge in [-0.05, 0) is 6.92 Å². The predicted molar refractivity (Wildman–Crippen MR) is 57.1 cm³/mol. The number of likely N-dealkylation sites (N-methyl/N-ethyl adjacent to an activating group) is 1. The molecule has 0 saturated carbocycles. The molecular formula is C10H18N2O4. The van der Waals surface area contributed by atoms with E-state index in [4.69, 9.17) is 9.84 Å². The summed E-state index contributed by atoms with van der Waals surface area (Å²) in [7, 11) is 1.58. The van der Waals surface area contributed by atoms with Gasteiger partial charge in [0.1, 0.15) is 6.61 Å². The molecule has 0 aromatic carbocycles. The van der Waals surface area contributed by atoms with E-state index in [0.717, 1.165) is 13.1 Å². The highest BCUT2D eigenvalue weighted by Gasteiger charge is 2.33. The smallest absolute Gasteiger partial charge is 0.305 e. The minimum atomic E-state index is -0.907. The van der Waals surface area contributed by atoms with Crippen molar-refractivity contribution in [2.45, 2.75) is 18.9 Å². The molecule has 0 unspecified atom stereocenters.